The van der Waals surface area contributed by atoms with Gasteiger partial charge in [0.05, 0.1) is 0 Å². The van der Waals surface area contributed by atoms with E-state index in [1.807, 2.05) is 0 Å². The van der Waals surface area contributed by atoms with Crippen molar-refractivity contribution in [3.8, 4) is 0 Å². The van der Waals surface area contributed by atoms with Crippen LogP contribution in [0.15, 0.2) is 20.4 Å². The first kappa shape index (κ1) is 15.1. The summed E-state index contributed by atoms with van der Waals surface area (Å²) < 4.78 is 3.02. The molecule has 0 aliphatic carbocycles. The Labute approximate surface area is 106 Å². The molecule has 0 heterocycles. The Hall–Kier alpha value is 1.06. The maximum atomic E-state index is 4.23. The molecule has 0 nitrogen and oxygen atoms in total. The minimum atomic E-state index is 0.0208. The van der Waals surface area contributed by atoms with E-state index >= 15 is 0 Å². The van der Waals surface area contributed by atoms with E-state index < -0.39 is 0 Å². The van der Waals surface area contributed by atoms with E-state index in [1.54, 1.807) is 0 Å². The molecule has 0 bridgehead atoms. The van der Waals surface area contributed by atoms with Crippen LogP contribution in [0.2, 0.25) is 0 Å². The normalized spacial score (nSPS) is 12.7. The molecule has 0 saturated carbocycles. The van der Waals surface area contributed by atoms with Gasteiger partial charge in [0.1, 0.15) is 0 Å². The zero-order valence-electron chi connectivity index (χ0n) is 10.2. The van der Waals surface area contributed by atoms with Gasteiger partial charge in [0, 0.05) is 0 Å². The molecular weight excluding hydrogens is 399 g/mol. The van der Waals surface area contributed by atoms with Crippen LogP contribution in [-0.2, 0) is 0 Å². The quantitative estimate of drug-likeness (QED) is 0.613. The first-order chi connectivity index (χ1) is 6.05. The fourth-order valence-corrected chi connectivity index (χ4v) is 15.8. The average molecular weight is 422 g/mol. The van der Waals surface area contributed by atoms with Crippen molar-refractivity contribution in [3.05, 3.63) is 20.4 Å². The standard InChI is InChI=1S/C12H22Te2/c1-9(11(3,4)5)13-14-10(2)12(6,7)8/h1-2H2,3-8H3. The molecule has 0 aromatic rings. The van der Waals surface area contributed by atoms with Gasteiger partial charge in [0.15, 0.2) is 0 Å². The zero-order chi connectivity index (χ0) is 11.6. The van der Waals surface area contributed by atoms with Crippen LogP contribution in [0.4, 0.5) is 0 Å². The Kier molecular flexibility index (Phi) is 5.82. The molecule has 0 atom stereocenters. The Balaban J connectivity index is 4.10. The van der Waals surface area contributed by atoms with Crippen molar-refractivity contribution in [1.29, 1.82) is 0 Å². The molecule has 0 aromatic carbocycles. The SMILES string of the molecule is C=C([Te][Te]C(=C)C(C)(C)C)C(C)(C)C. The van der Waals surface area contributed by atoms with Crippen LogP contribution in [0.5, 0.6) is 0 Å². The number of allylic oxidation sites excluding steroid dienone is 2. The van der Waals surface area contributed by atoms with Crippen molar-refractivity contribution in [2.45, 2.75) is 41.5 Å². The second-order valence-electron chi connectivity index (χ2n) is 5.51. The van der Waals surface area contributed by atoms with Gasteiger partial charge < -0.3 is 0 Å². The summed E-state index contributed by atoms with van der Waals surface area (Å²) in [6, 6.07) is 0. The molecule has 82 valence electrons. The summed E-state index contributed by atoms with van der Waals surface area (Å²) in [5.41, 5.74) is 0.649. The molecular formula is C12H22Te2. The fraction of sp³-hybridized carbons (Fsp3) is 0.667. The third-order valence-corrected chi connectivity index (χ3v) is 16.1. The molecule has 0 unspecified atom stereocenters. The zero-order valence-corrected chi connectivity index (χ0v) is 14.9. The monoisotopic (exact) mass is 426 g/mol. The van der Waals surface area contributed by atoms with Gasteiger partial charge in [-0.1, -0.05) is 0 Å². The van der Waals surface area contributed by atoms with Crippen LogP contribution in [0.3, 0.4) is 0 Å². The molecule has 0 N–H and O–H groups in total. The van der Waals surface area contributed by atoms with Gasteiger partial charge >= 0.3 is 107 Å². The van der Waals surface area contributed by atoms with Crippen molar-refractivity contribution in [1.82, 2.24) is 0 Å². The van der Waals surface area contributed by atoms with Gasteiger partial charge in [0.2, 0.25) is 0 Å². The molecule has 0 fully saturated rings. The topological polar surface area (TPSA) is 0 Å². The predicted molar refractivity (Wildman–Crippen MR) is 68.7 cm³/mol. The average Bonchev–Trinajstić information content (AvgIpc) is 1.95. The second-order valence-corrected chi connectivity index (χ2v) is 15.7. The Morgan fingerprint density at radius 3 is 1.07 bits per heavy atom. The Bertz CT molecular complexity index is 200. The summed E-state index contributed by atoms with van der Waals surface area (Å²) >= 11 is 0.0416. The van der Waals surface area contributed by atoms with Crippen LogP contribution in [0.25, 0.3) is 0 Å². The van der Waals surface area contributed by atoms with Gasteiger partial charge in [0.25, 0.3) is 0 Å². The maximum absolute atomic E-state index is 4.23. The molecule has 2 heteroatoms. The van der Waals surface area contributed by atoms with E-state index in [9.17, 15) is 0 Å². The van der Waals surface area contributed by atoms with Gasteiger partial charge in [-0.05, 0) is 0 Å². The van der Waals surface area contributed by atoms with Crippen LogP contribution >= 0.6 is 0 Å². The summed E-state index contributed by atoms with van der Waals surface area (Å²) in [5.74, 6) is 0. The van der Waals surface area contributed by atoms with Crippen LogP contribution < -0.4 is 0 Å². The van der Waals surface area contributed by atoms with E-state index in [0.717, 1.165) is 0 Å². The van der Waals surface area contributed by atoms with E-state index in [0.29, 0.717) is 10.8 Å². The van der Waals surface area contributed by atoms with E-state index in [1.165, 1.54) is 7.24 Å². The number of hydrogen-bond donors (Lipinski definition) is 0. The molecule has 0 saturated heterocycles. The van der Waals surface area contributed by atoms with E-state index in [4.69, 9.17) is 0 Å². The first-order valence-electron chi connectivity index (χ1n) is 4.78. The third-order valence-electron chi connectivity index (χ3n) is 1.92. The van der Waals surface area contributed by atoms with Crippen LogP contribution in [-0.4, -0.2) is 34.1 Å². The first-order valence-corrected chi connectivity index (χ1v) is 14.4. The van der Waals surface area contributed by atoms with Gasteiger partial charge in [-0.3, -0.25) is 0 Å². The molecule has 0 aliphatic rings. The molecule has 0 rings (SSSR count). The van der Waals surface area contributed by atoms with Crippen molar-refractivity contribution in [3.63, 3.8) is 0 Å². The van der Waals surface area contributed by atoms with E-state index in [2.05, 4.69) is 54.7 Å². The van der Waals surface area contributed by atoms with Crippen molar-refractivity contribution in [2.75, 3.05) is 0 Å². The van der Waals surface area contributed by atoms with Gasteiger partial charge in [-0.25, -0.2) is 0 Å². The molecule has 0 amide bonds. The fourth-order valence-electron chi connectivity index (χ4n) is 0.351. The number of rotatable bonds is 3. The summed E-state index contributed by atoms with van der Waals surface area (Å²) in [5, 5.41) is 0. The Morgan fingerprint density at radius 1 is 0.714 bits per heavy atom. The molecule has 0 aliphatic heterocycles. The molecule has 0 spiro atoms. The van der Waals surface area contributed by atoms with Gasteiger partial charge in [-0.2, -0.15) is 0 Å². The van der Waals surface area contributed by atoms with E-state index in [-0.39, 0.29) is 34.1 Å². The summed E-state index contributed by atoms with van der Waals surface area (Å²) in [6.45, 7) is 22.1. The second kappa shape index (κ2) is 5.41. The summed E-state index contributed by atoms with van der Waals surface area (Å²) in [6.07, 6.45) is 0. The third kappa shape index (κ3) is 5.82. The minimum absolute atomic E-state index is 0.0208. The van der Waals surface area contributed by atoms with Crippen molar-refractivity contribution in [2.24, 2.45) is 10.8 Å². The van der Waals surface area contributed by atoms with Crippen LogP contribution in [0.1, 0.15) is 41.5 Å². The van der Waals surface area contributed by atoms with Crippen molar-refractivity contribution < 1.29 is 0 Å². The summed E-state index contributed by atoms with van der Waals surface area (Å²) in [7, 11) is 0. The Morgan fingerprint density at radius 2 is 0.929 bits per heavy atom. The van der Waals surface area contributed by atoms with Gasteiger partial charge in [-0.15, -0.1) is 0 Å². The number of hydrogen-bond acceptors (Lipinski definition) is 0. The van der Waals surface area contributed by atoms with Crippen LogP contribution in [0, 0.1) is 10.8 Å². The molecule has 14 heavy (non-hydrogen) atoms. The van der Waals surface area contributed by atoms with Crippen molar-refractivity contribution >= 4 is 34.1 Å². The summed E-state index contributed by atoms with van der Waals surface area (Å²) in [4.78, 5) is 0. The molecule has 0 radical (unpaired) electrons. The molecule has 0 aromatic heterocycles. The predicted octanol–water partition coefficient (Wildman–Crippen LogP) is 3.43.